The number of furan rings is 1. The molecule has 0 saturated heterocycles. The van der Waals surface area contributed by atoms with Crippen LogP contribution in [0, 0.1) is 19.8 Å². The fourth-order valence-corrected chi connectivity index (χ4v) is 3.28. The summed E-state index contributed by atoms with van der Waals surface area (Å²) in [5.74, 6) is 1.27. The summed E-state index contributed by atoms with van der Waals surface area (Å²) in [5, 5.41) is 21.2. The molecule has 1 aliphatic carbocycles. The summed E-state index contributed by atoms with van der Waals surface area (Å²) in [5.41, 5.74) is 0.527. The van der Waals surface area contributed by atoms with Gasteiger partial charge in [0, 0.05) is 12.6 Å². The van der Waals surface area contributed by atoms with Crippen LogP contribution in [0.5, 0.6) is 0 Å². The summed E-state index contributed by atoms with van der Waals surface area (Å²) in [6.45, 7) is 7.83. The molecule has 0 aromatic carbocycles. The van der Waals surface area contributed by atoms with Gasteiger partial charge in [0.2, 0.25) is 0 Å². The van der Waals surface area contributed by atoms with Crippen molar-refractivity contribution in [3.63, 3.8) is 0 Å². The number of amides is 1. The summed E-state index contributed by atoms with van der Waals surface area (Å²) in [6, 6.07) is 1.87. The average Bonchev–Trinajstić information content (AvgIpc) is 3.22. The number of rotatable bonds is 5. The Balaban J connectivity index is 1.64. The molecule has 1 aliphatic rings. The van der Waals surface area contributed by atoms with Crippen molar-refractivity contribution in [1.82, 2.24) is 20.3 Å². The van der Waals surface area contributed by atoms with Crippen molar-refractivity contribution in [3.8, 4) is 0 Å². The summed E-state index contributed by atoms with van der Waals surface area (Å²) in [7, 11) is 0. The number of hydrogen-bond donors (Lipinski definition) is 2. The van der Waals surface area contributed by atoms with E-state index in [1.54, 1.807) is 30.8 Å². The van der Waals surface area contributed by atoms with Crippen LogP contribution in [0.25, 0.3) is 0 Å². The summed E-state index contributed by atoms with van der Waals surface area (Å²) >= 11 is 0. The Morgan fingerprint density at radius 3 is 2.80 bits per heavy atom. The maximum absolute atomic E-state index is 12.4. The predicted molar refractivity (Wildman–Crippen MR) is 92.0 cm³/mol. The van der Waals surface area contributed by atoms with Gasteiger partial charge in [-0.25, -0.2) is 0 Å². The van der Waals surface area contributed by atoms with Crippen LogP contribution in [-0.2, 0) is 12.1 Å². The van der Waals surface area contributed by atoms with E-state index in [1.807, 2.05) is 13.8 Å². The molecular weight excluding hydrogens is 320 g/mol. The monoisotopic (exact) mass is 346 g/mol. The molecule has 2 aromatic heterocycles. The Labute approximate surface area is 147 Å². The van der Waals surface area contributed by atoms with Gasteiger partial charge in [-0.3, -0.25) is 9.48 Å². The lowest BCUT2D eigenvalue weighted by atomic mass is 10.0. The third-order valence-corrected chi connectivity index (χ3v) is 4.95. The zero-order chi connectivity index (χ0) is 18.2. The van der Waals surface area contributed by atoms with Gasteiger partial charge in [0.25, 0.3) is 5.91 Å². The van der Waals surface area contributed by atoms with E-state index in [0.717, 1.165) is 30.6 Å². The first-order valence-electron chi connectivity index (χ1n) is 8.75. The van der Waals surface area contributed by atoms with Gasteiger partial charge in [0.15, 0.2) is 5.76 Å². The lowest BCUT2D eigenvalue weighted by Crippen LogP contribution is -2.38. The zero-order valence-corrected chi connectivity index (χ0v) is 15.2. The molecule has 0 spiro atoms. The van der Waals surface area contributed by atoms with Gasteiger partial charge in [-0.2, -0.15) is 0 Å². The largest absolute Gasteiger partial charge is 0.456 e. The first-order valence-corrected chi connectivity index (χ1v) is 8.75. The summed E-state index contributed by atoms with van der Waals surface area (Å²) < 4.78 is 7.27. The van der Waals surface area contributed by atoms with Gasteiger partial charge in [0.1, 0.15) is 17.1 Å². The normalized spacial score (nSPS) is 20.8. The van der Waals surface area contributed by atoms with Gasteiger partial charge in [-0.15, -0.1) is 5.10 Å². The molecule has 2 aromatic rings. The van der Waals surface area contributed by atoms with Crippen molar-refractivity contribution in [2.75, 3.05) is 0 Å². The molecule has 1 saturated carbocycles. The fourth-order valence-electron chi connectivity index (χ4n) is 3.28. The zero-order valence-electron chi connectivity index (χ0n) is 15.2. The first kappa shape index (κ1) is 17.7. The molecule has 3 rings (SSSR count). The molecule has 7 nitrogen and oxygen atoms in total. The van der Waals surface area contributed by atoms with Crippen LogP contribution in [0.1, 0.15) is 60.7 Å². The van der Waals surface area contributed by atoms with Gasteiger partial charge < -0.3 is 14.8 Å². The molecule has 2 heterocycles. The standard InChI is InChI=1S/C18H26N4O3/c1-11-8-15(25-12(11)2)17(23)19-14-7-5-6-13(14)9-22-10-16(20-21-22)18(3,4)24/h8,10,13-14,24H,5-7,9H2,1-4H3,(H,19,23)/t13-,14-/m1/s1. The SMILES string of the molecule is Cc1cc(C(=O)N[C@@H]2CCC[C@@H]2Cn2cc(C(C)(C)O)nn2)oc1C. The first-order chi connectivity index (χ1) is 11.7. The second kappa shape index (κ2) is 6.63. The van der Waals surface area contributed by atoms with Crippen molar-refractivity contribution < 1.29 is 14.3 Å². The Hall–Kier alpha value is -2.15. The van der Waals surface area contributed by atoms with Crippen LogP contribution in [-0.4, -0.2) is 32.0 Å². The van der Waals surface area contributed by atoms with Crippen LogP contribution < -0.4 is 5.32 Å². The summed E-state index contributed by atoms with van der Waals surface area (Å²) in [4.78, 5) is 12.4. The smallest absolute Gasteiger partial charge is 0.287 e. The van der Waals surface area contributed by atoms with Crippen molar-refractivity contribution in [2.45, 2.75) is 65.1 Å². The van der Waals surface area contributed by atoms with Crippen LogP contribution in [0.3, 0.4) is 0 Å². The number of carbonyl (C=O) groups is 1. The Morgan fingerprint density at radius 1 is 1.44 bits per heavy atom. The molecular formula is C18H26N4O3. The number of aliphatic hydroxyl groups is 1. The van der Waals surface area contributed by atoms with Gasteiger partial charge in [0.05, 0.1) is 6.20 Å². The second-order valence-corrected chi connectivity index (χ2v) is 7.51. The van der Waals surface area contributed by atoms with Crippen molar-refractivity contribution in [3.05, 3.63) is 35.0 Å². The number of hydrogen-bond acceptors (Lipinski definition) is 5. The minimum absolute atomic E-state index is 0.0907. The van der Waals surface area contributed by atoms with E-state index < -0.39 is 5.60 Å². The number of carbonyl (C=O) groups excluding carboxylic acids is 1. The molecule has 0 aliphatic heterocycles. The molecule has 0 radical (unpaired) electrons. The third kappa shape index (κ3) is 3.92. The minimum atomic E-state index is -1.00. The number of aromatic nitrogens is 3. The molecule has 2 N–H and O–H groups in total. The molecule has 0 bridgehead atoms. The van der Waals surface area contributed by atoms with E-state index in [-0.39, 0.29) is 17.9 Å². The highest BCUT2D eigenvalue weighted by Crippen LogP contribution is 2.28. The van der Waals surface area contributed by atoms with Gasteiger partial charge in [-0.1, -0.05) is 11.6 Å². The lowest BCUT2D eigenvalue weighted by molar-refractivity contribution is 0.0737. The minimum Gasteiger partial charge on any atom is -0.456 e. The van der Waals surface area contributed by atoms with Crippen LogP contribution >= 0.6 is 0 Å². The maximum atomic E-state index is 12.4. The van der Waals surface area contributed by atoms with E-state index >= 15 is 0 Å². The van der Waals surface area contributed by atoms with Crippen LogP contribution in [0.2, 0.25) is 0 Å². The van der Waals surface area contributed by atoms with E-state index in [0.29, 0.717) is 18.0 Å². The summed E-state index contributed by atoms with van der Waals surface area (Å²) in [6.07, 6.45) is 4.82. The number of nitrogens with one attached hydrogen (secondary N) is 1. The Bertz CT molecular complexity index is 737. The molecule has 0 unspecified atom stereocenters. The van der Waals surface area contributed by atoms with E-state index in [9.17, 15) is 9.90 Å². The Kier molecular flexibility index (Phi) is 4.69. The molecule has 2 atom stereocenters. The van der Waals surface area contributed by atoms with E-state index in [2.05, 4.69) is 15.6 Å². The quantitative estimate of drug-likeness (QED) is 0.866. The highest BCUT2D eigenvalue weighted by Gasteiger charge is 2.31. The number of aryl methyl sites for hydroxylation is 2. The van der Waals surface area contributed by atoms with Crippen LogP contribution in [0.15, 0.2) is 16.7 Å². The maximum Gasteiger partial charge on any atom is 0.287 e. The number of nitrogens with zero attached hydrogens (tertiary/aromatic N) is 3. The second-order valence-electron chi connectivity index (χ2n) is 7.51. The molecule has 25 heavy (non-hydrogen) atoms. The lowest BCUT2D eigenvalue weighted by Gasteiger charge is -2.20. The van der Waals surface area contributed by atoms with Crippen LogP contribution in [0.4, 0.5) is 0 Å². The predicted octanol–water partition coefficient (Wildman–Crippen LogP) is 2.31. The van der Waals surface area contributed by atoms with Gasteiger partial charge >= 0.3 is 0 Å². The van der Waals surface area contributed by atoms with Gasteiger partial charge in [-0.05, 0) is 58.1 Å². The van der Waals surface area contributed by atoms with Crippen molar-refractivity contribution in [2.24, 2.45) is 5.92 Å². The third-order valence-electron chi connectivity index (χ3n) is 4.95. The van der Waals surface area contributed by atoms with E-state index in [4.69, 9.17) is 4.42 Å². The Morgan fingerprint density at radius 2 is 2.20 bits per heavy atom. The highest BCUT2D eigenvalue weighted by atomic mass is 16.3. The molecule has 136 valence electrons. The fraction of sp³-hybridized carbons (Fsp3) is 0.611. The van der Waals surface area contributed by atoms with Crippen molar-refractivity contribution >= 4 is 5.91 Å². The van der Waals surface area contributed by atoms with E-state index in [1.165, 1.54) is 0 Å². The molecule has 1 fully saturated rings. The van der Waals surface area contributed by atoms with Crippen molar-refractivity contribution in [1.29, 1.82) is 0 Å². The molecule has 7 heteroatoms. The molecule has 1 amide bonds. The highest BCUT2D eigenvalue weighted by molar-refractivity contribution is 5.92. The average molecular weight is 346 g/mol. The topological polar surface area (TPSA) is 93.2 Å².